The van der Waals surface area contributed by atoms with Gasteiger partial charge in [-0.2, -0.15) is 0 Å². The van der Waals surface area contributed by atoms with Crippen LogP contribution in [0.3, 0.4) is 0 Å². The summed E-state index contributed by atoms with van der Waals surface area (Å²) in [6.07, 6.45) is 0. The van der Waals surface area contributed by atoms with Crippen molar-refractivity contribution in [3.05, 3.63) is 0 Å². The normalized spacial score (nSPS) is 9.91. The summed E-state index contributed by atoms with van der Waals surface area (Å²) in [4.78, 5) is 9.90. The molecule has 0 radical (unpaired) electrons. The van der Waals surface area contributed by atoms with Gasteiger partial charge in [0.05, 0.1) is 6.61 Å². The summed E-state index contributed by atoms with van der Waals surface area (Å²) in [6.45, 7) is 3.35. The van der Waals surface area contributed by atoms with Gasteiger partial charge in [-0.1, -0.05) is 0 Å². The molecule has 0 bridgehead atoms. The summed E-state index contributed by atoms with van der Waals surface area (Å²) < 4.78 is 0. The second kappa shape index (κ2) is 6.09. The lowest BCUT2D eigenvalue weighted by Gasteiger charge is -2.09. The number of aliphatic carboxylic acids is 1. The minimum Gasteiger partial charge on any atom is -0.480 e. The first-order valence-corrected chi connectivity index (χ1v) is 3.19. The third-order valence-corrected chi connectivity index (χ3v) is 0.680. The maximum absolute atomic E-state index is 9.90. The lowest BCUT2D eigenvalue weighted by Crippen LogP contribution is -2.41. The highest BCUT2D eigenvalue weighted by Gasteiger charge is 2.19. The lowest BCUT2D eigenvalue weighted by molar-refractivity contribution is -0.141. The molecule has 0 aliphatic rings. The van der Waals surface area contributed by atoms with E-state index < -0.39 is 11.5 Å². The van der Waals surface area contributed by atoms with E-state index in [1.807, 2.05) is 0 Å². The van der Waals surface area contributed by atoms with Crippen molar-refractivity contribution in [1.82, 2.24) is 0 Å². The number of hydrogen-bond acceptors (Lipinski definition) is 4. The molecule has 0 aromatic rings. The Morgan fingerprint density at radius 3 is 1.73 bits per heavy atom. The van der Waals surface area contributed by atoms with Crippen LogP contribution in [-0.2, 0) is 4.79 Å². The average molecular weight is 164 g/mol. The molecule has 0 aliphatic carbocycles. The van der Waals surface area contributed by atoms with Gasteiger partial charge in [0.1, 0.15) is 5.54 Å². The molecule has 0 heterocycles. The van der Waals surface area contributed by atoms with Crippen molar-refractivity contribution < 1.29 is 15.0 Å². The number of carboxylic acids is 1. The third-order valence-electron chi connectivity index (χ3n) is 0.680. The topological polar surface area (TPSA) is 110 Å². The predicted octanol–water partition coefficient (Wildman–Crippen LogP) is -1.25. The molecule has 0 rings (SSSR count). The summed E-state index contributed by atoms with van der Waals surface area (Å²) in [6, 6.07) is 0. The zero-order valence-corrected chi connectivity index (χ0v) is 6.87. The Bertz CT molecular complexity index is 107. The number of carboxylic acid groups (broad SMARTS) is 1. The van der Waals surface area contributed by atoms with Crippen molar-refractivity contribution in [3.63, 3.8) is 0 Å². The van der Waals surface area contributed by atoms with E-state index in [2.05, 4.69) is 0 Å². The van der Waals surface area contributed by atoms with Crippen molar-refractivity contribution in [2.75, 3.05) is 13.2 Å². The third kappa shape index (κ3) is 12.5. The summed E-state index contributed by atoms with van der Waals surface area (Å²) >= 11 is 0. The fourth-order valence-electron chi connectivity index (χ4n) is 0. The van der Waals surface area contributed by atoms with Gasteiger partial charge in [0.2, 0.25) is 0 Å². The number of hydrogen-bond donors (Lipinski definition) is 4. The number of carbonyl (C=O) groups is 1. The molecule has 0 atom stereocenters. The highest BCUT2D eigenvalue weighted by molar-refractivity contribution is 5.77. The van der Waals surface area contributed by atoms with Gasteiger partial charge in [-0.15, -0.1) is 0 Å². The van der Waals surface area contributed by atoms with Crippen LogP contribution < -0.4 is 11.5 Å². The molecule has 0 aromatic carbocycles. The van der Waals surface area contributed by atoms with Crippen LogP contribution in [0.15, 0.2) is 0 Å². The quantitative estimate of drug-likeness (QED) is 0.407. The van der Waals surface area contributed by atoms with Crippen LogP contribution in [0.1, 0.15) is 13.8 Å². The van der Waals surface area contributed by atoms with Crippen LogP contribution in [0.5, 0.6) is 0 Å². The molecule has 0 amide bonds. The van der Waals surface area contributed by atoms with Crippen molar-refractivity contribution in [1.29, 1.82) is 0 Å². The van der Waals surface area contributed by atoms with Gasteiger partial charge in [-0.3, -0.25) is 4.79 Å². The zero-order valence-electron chi connectivity index (χ0n) is 6.87. The summed E-state index contributed by atoms with van der Waals surface area (Å²) in [5.41, 5.74) is 8.77. The van der Waals surface area contributed by atoms with Crippen LogP contribution in [-0.4, -0.2) is 34.9 Å². The smallest absolute Gasteiger partial charge is 0.323 e. The van der Waals surface area contributed by atoms with Crippen LogP contribution in [0.25, 0.3) is 0 Å². The van der Waals surface area contributed by atoms with Gasteiger partial charge in [-0.05, 0) is 13.8 Å². The zero-order chi connectivity index (χ0) is 9.49. The molecule has 0 saturated carbocycles. The van der Waals surface area contributed by atoms with E-state index in [-0.39, 0.29) is 6.61 Å². The molecule has 0 unspecified atom stereocenters. The molecule has 0 aromatic heterocycles. The van der Waals surface area contributed by atoms with E-state index in [1.54, 1.807) is 0 Å². The van der Waals surface area contributed by atoms with Crippen molar-refractivity contribution in [2.24, 2.45) is 11.5 Å². The highest BCUT2D eigenvalue weighted by atomic mass is 16.4. The Kier molecular flexibility index (Phi) is 7.18. The van der Waals surface area contributed by atoms with Gasteiger partial charge in [0, 0.05) is 6.54 Å². The standard InChI is InChI=1S/C4H9NO2.C2H7NO/c1-4(2,5)3(6)7;3-1-2-4/h5H2,1-2H3,(H,6,7);4H,1-3H2. The Hall–Kier alpha value is -0.650. The first-order chi connectivity index (χ1) is 4.86. The maximum atomic E-state index is 9.90. The second-order valence-corrected chi connectivity index (χ2v) is 2.54. The van der Waals surface area contributed by atoms with Gasteiger partial charge >= 0.3 is 5.97 Å². The second-order valence-electron chi connectivity index (χ2n) is 2.54. The summed E-state index contributed by atoms with van der Waals surface area (Å²) in [7, 11) is 0. The Balaban J connectivity index is 0. The van der Waals surface area contributed by atoms with E-state index in [0.717, 1.165) is 0 Å². The van der Waals surface area contributed by atoms with Crippen molar-refractivity contribution in [3.8, 4) is 0 Å². The molecule has 0 saturated heterocycles. The largest absolute Gasteiger partial charge is 0.480 e. The molecule has 6 N–H and O–H groups in total. The summed E-state index contributed by atoms with van der Waals surface area (Å²) in [5, 5.41) is 15.9. The minimum atomic E-state index is -1.08. The first kappa shape index (κ1) is 13.0. The fourth-order valence-corrected chi connectivity index (χ4v) is 0. The molecule has 5 heteroatoms. The van der Waals surface area contributed by atoms with Crippen LogP contribution in [0.4, 0.5) is 0 Å². The first-order valence-electron chi connectivity index (χ1n) is 3.19. The van der Waals surface area contributed by atoms with E-state index in [9.17, 15) is 4.79 Å². The number of rotatable bonds is 2. The monoisotopic (exact) mass is 164 g/mol. The predicted molar refractivity (Wildman–Crippen MR) is 42.0 cm³/mol. The van der Waals surface area contributed by atoms with E-state index >= 15 is 0 Å². The van der Waals surface area contributed by atoms with Gasteiger partial charge in [-0.25, -0.2) is 0 Å². The Labute approximate surface area is 66.0 Å². The van der Waals surface area contributed by atoms with Gasteiger partial charge in [0.15, 0.2) is 0 Å². The minimum absolute atomic E-state index is 0.0972. The van der Waals surface area contributed by atoms with E-state index in [1.165, 1.54) is 13.8 Å². The van der Waals surface area contributed by atoms with Gasteiger partial charge < -0.3 is 21.7 Å². The molecule has 0 fully saturated rings. The van der Waals surface area contributed by atoms with Crippen molar-refractivity contribution >= 4 is 5.97 Å². The molecular formula is C6H16N2O3. The average Bonchev–Trinajstić information content (AvgIpc) is 1.87. The molecular weight excluding hydrogens is 148 g/mol. The number of nitrogens with two attached hydrogens (primary N) is 2. The summed E-state index contributed by atoms with van der Waals surface area (Å²) in [5.74, 6) is -0.979. The SMILES string of the molecule is CC(C)(N)C(=O)O.NCCO. The molecule has 68 valence electrons. The van der Waals surface area contributed by atoms with Crippen LogP contribution >= 0.6 is 0 Å². The van der Waals surface area contributed by atoms with E-state index in [0.29, 0.717) is 6.54 Å². The van der Waals surface area contributed by atoms with E-state index in [4.69, 9.17) is 21.7 Å². The number of aliphatic hydroxyl groups is 1. The molecule has 5 nitrogen and oxygen atoms in total. The molecule has 11 heavy (non-hydrogen) atoms. The number of aliphatic hydroxyl groups excluding tert-OH is 1. The molecule has 0 spiro atoms. The molecule has 0 aliphatic heterocycles. The lowest BCUT2D eigenvalue weighted by atomic mass is 10.1. The van der Waals surface area contributed by atoms with Crippen LogP contribution in [0, 0.1) is 0 Å². The van der Waals surface area contributed by atoms with Crippen molar-refractivity contribution in [2.45, 2.75) is 19.4 Å². The van der Waals surface area contributed by atoms with Crippen LogP contribution in [0.2, 0.25) is 0 Å². The Morgan fingerprint density at radius 1 is 1.55 bits per heavy atom. The highest BCUT2D eigenvalue weighted by Crippen LogP contribution is 1.93. The Morgan fingerprint density at radius 2 is 1.73 bits per heavy atom. The van der Waals surface area contributed by atoms with Gasteiger partial charge in [0.25, 0.3) is 0 Å². The fraction of sp³-hybridized carbons (Fsp3) is 0.833. The maximum Gasteiger partial charge on any atom is 0.323 e.